The highest BCUT2D eigenvalue weighted by Gasteiger charge is 2.21. The summed E-state index contributed by atoms with van der Waals surface area (Å²) in [4.78, 5) is 15.2. The Kier molecular flexibility index (Phi) is 4.22. The third-order valence-corrected chi connectivity index (χ3v) is 3.47. The summed E-state index contributed by atoms with van der Waals surface area (Å²) in [6, 6.07) is 8.53. The molecule has 4 heteroatoms. The molecular weight excluding hydrogens is 240 g/mol. The number of carboxylic acids is 1. The van der Waals surface area contributed by atoms with Gasteiger partial charge in [0, 0.05) is 37.4 Å². The smallest absolute Gasteiger partial charge is 0.328 e. The topological polar surface area (TPSA) is 43.8 Å². The fourth-order valence-electron chi connectivity index (χ4n) is 2.47. The van der Waals surface area contributed by atoms with Crippen LogP contribution in [0.25, 0.3) is 6.08 Å². The Morgan fingerprint density at radius 1 is 1.32 bits per heavy atom. The number of likely N-dealkylation sites (N-methyl/N-ethyl adjacent to an activating group) is 1. The molecule has 2 rings (SSSR count). The maximum Gasteiger partial charge on any atom is 0.328 e. The largest absolute Gasteiger partial charge is 0.478 e. The van der Waals surface area contributed by atoms with Gasteiger partial charge in [-0.3, -0.25) is 0 Å². The molecule has 1 aromatic rings. The van der Waals surface area contributed by atoms with Crippen molar-refractivity contribution in [2.24, 2.45) is 0 Å². The summed E-state index contributed by atoms with van der Waals surface area (Å²) in [5.74, 6) is -0.920. The summed E-state index contributed by atoms with van der Waals surface area (Å²) < 4.78 is 0. The minimum atomic E-state index is -0.920. The van der Waals surface area contributed by atoms with Crippen molar-refractivity contribution in [3.63, 3.8) is 0 Å². The van der Waals surface area contributed by atoms with E-state index in [0.717, 1.165) is 31.3 Å². The van der Waals surface area contributed by atoms with Gasteiger partial charge < -0.3 is 14.9 Å². The predicted octanol–water partition coefficient (Wildman–Crippen LogP) is 1.92. The van der Waals surface area contributed by atoms with E-state index in [9.17, 15) is 4.79 Å². The van der Waals surface area contributed by atoms with Crippen molar-refractivity contribution in [3.05, 3.63) is 35.9 Å². The molecule has 1 aliphatic heterocycles. The maximum atomic E-state index is 10.5. The zero-order chi connectivity index (χ0) is 13.8. The van der Waals surface area contributed by atoms with Crippen LogP contribution in [0.2, 0.25) is 0 Å². The molecule has 102 valence electrons. The summed E-state index contributed by atoms with van der Waals surface area (Å²) in [7, 11) is 2.15. The Bertz CT molecular complexity index is 468. The zero-order valence-corrected chi connectivity index (χ0v) is 11.4. The van der Waals surface area contributed by atoms with Gasteiger partial charge in [-0.2, -0.15) is 0 Å². The van der Waals surface area contributed by atoms with Crippen LogP contribution in [-0.2, 0) is 4.79 Å². The van der Waals surface area contributed by atoms with Crippen molar-refractivity contribution < 1.29 is 9.90 Å². The summed E-state index contributed by atoms with van der Waals surface area (Å²) in [5, 5.41) is 8.59. The molecule has 0 aliphatic carbocycles. The van der Waals surface area contributed by atoms with Crippen molar-refractivity contribution >= 4 is 17.7 Å². The van der Waals surface area contributed by atoms with Crippen LogP contribution in [0.4, 0.5) is 5.69 Å². The van der Waals surface area contributed by atoms with E-state index in [1.165, 1.54) is 5.69 Å². The molecule has 1 N–H and O–H groups in total. The van der Waals surface area contributed by atoms with Crippen molar-refractivity contribution in [2.45, 2.75) is 13.0 Å². The zero-order valence-electron chi connectivity index (χ0n) is 11.4. The van der Waals surface area contributed by atoms with Gasteiger partial charge in [0.15, 0.2) is 0 Å². The molecule has 4 nitrogen and oxygen atoms in total. The predicted molar refractivity (Wildman–Crippen MR) is 77.4 cm³/mol. The van der Waals surface area contributed by atoms with E-state index in [0.29, 0.717) is 6.04 Å². The Morgan fingerprint density at radius 3 is 2.58 bits per heavy atom. The second kappa shape index (κ2) is 5.89. The molecule has 1 fully saturated rings. The SMILES string of the molecule is CC1CN(C)CCN1c1ccc(/C=C/C(=O)O)cc1. The number of carboxylic acid groups (broad SMARTS) is 1. The molecule has 0 radical (unpaired) electrons. The minimum absolute atomic E-state index is 0.499. The van der Waals surface area contributed by atoms with Crippen LogP contribution >= 0.6 is 0 Å². The van der Waals surface area contributed by atoms with Gasteiger partial charge in [-0.25, -0.2) is 4.79 Å². The second-order valence-corrected chi connectivity index (χ2v) is 5.07. The van der Waals surface area contributed by atoms with E-state index < -0.39 is 5.97 Å². The minimum Gasteiger partial charge on any atom is -0.478 e. The molecule has 1 heterocycles. The van der Waals surface area contributed by atoms with E-state index in [2.05, 4.69) is 35.9 Å². The number of carbonyl (C=O) groups is 1. The lowest BCUT2D eigenvalue weighted by atomic mass is 10.1. The molecule has 0 amide bonds. The molecule has 1 saturated heterocycles. The second-order valence-electron chi connectivity index (χ2n) is 5.07. The highest BCUT2D eigenvalue weighted by atomic mass is 16.4. The lowest BCUT2D eigenvalue weighted by molar-refractivity contribution is -0.131. The van der Waals surface area contributed by atoms with Crippen molar-refractivity contribution in [1.82, 2.24) is 4.90 Å². The van der Waals surface area contributed by atoms with E-state index in [1.54, 1.807) is 6.08 Å². The molecule has 0 spiro atoms. The Hall–Kier alpha value is -1.81. The molecule has 1 atom stereocenters. The molecule has 0 aromatic heterocycles. The number of anilines is 1. The molecule has 0 bridgehead atoms. The average molecular weight is 260 g/mol. The Morgan fingerprint density at radius 2 is 2.00 bits per heavy atom. The van der Waals surface area contributed by atoms with Crippen LogP contribution in [0, 0.1) is 0 Å². The number of benzene rings is 1. The molecule has 19 heavy (non-hydrogen) atoms. The van der Waals surface area contributed by atoms with E-state index in [-0.39, 0.29) is 0 Å². The fourth-order valence-corrected chi connectivity index (χ4v) is 2.47. The number of aliphatic carboxylic acids is 1. The first-order valence-corrected chi connectivity index (χ1v) is 6.52. The number of rotatable bonds is 3. The number of nitrogens with zero attached hydrogens (tertiary/aromatic N) is 2. The number of hydrogen-bond donors (Lipinski definition) is 1. The molecule has 1 aliphatic rings. The van der Waals surface area contributed by atoms with Crippen molar-refractivity contribution in [2.75, 3.05) is 31.6 Å². The Labute approximate surface area is 113 Å². The molecule has 1 aromatic carbocycles. The summed E-state index contributed by atoms with van der Waals surface area (Å²) in [6.07, 6.45) is 2.77. The third kappa shape index (κ3) is 3.58. The Balaban J connectivity index is 2.08. The van der Waals surface area contributed by atoms with Gasteiger partial charge in [-0.1, -0.05) is 12.1 Å². The first kappa shape index (κ1) is 13.6. The van der Waals surface area contributed by atoms with Gasteiger partial charge in [0.05, 0.1) is 0 Å². The quantitative estimate of drug-likeness (QED) is 0.843. The molecule has 1 unspecified atom stereocenters. The first-order chi connectivity index (χ1) is 9.06. The van der Waals surface area contributed by atoms with Gasteiger partial charge in [-0.05, 0) is 37.7 Å². The van der Waals surface area contributed by atoms with Gasteiger partial charge in [0.2, 0.25) is 0 Å². The van der Waals surface area contributed by atoms with Crippen molar-refractivity contribution in [1.29, 1.82) is 0 Å². The highest BCUT2D eigenvalue weighted by Crippen LogP contribution is 2.21. The maximum absolute atomic E-state index is 10.5. The fraction of sp³-hybridized carbons (Fsp3) is 0.400. The van der Waals surface area contributed by atoms with Gasteiger partial charge in [-0.15, -0.1) is 0 Å². The normalized spacial score (nSPS) is 20.9. The first-order valence-electron chi connectivity index (χ1n) is 6.52. The molecular formula is C15H20N2O2. The van der Waals surface area contributed by atoms with Crippen LogP contribution in [-0.4, -0.2) is 48.7 Å². The summed E-state index contributed by atoms with van der Waals surface area (Å²) >= 11 is 0. The van der Waals surface area contributed by atoms with Crippen LogP contribution in [0.3, 0.4) is 0 Å². The number of hydrogen-bond acceptors (Lipinski definition) is 3. The summed E-state index contributed by atoms with van der Waals surface area (Å²) in [5.41, 5.74) is 2.11. The van der Waals surface area contributed by atoms with Crippen LogP contribution in [0.15, 0.2) is 30.3 Å². The number of piperazine rings is 1. The standard InChI is InChI=1S/C15H20N2O2/c1-12-11-16(2)9-10-17(12)14-6-3-13(4-7-14)5-8-15(18)19/h3-8,12H,9-11H2,1-2H3,(H,18,19)/b8-5+. The highest BCUT2D eigenvalue weighted by molar-refractivity contribution is 5.85. The molecule has 0 saturated carbocycles. The van der Waals surface area contributed by atoms with Crippen LogP contribution < -0.4 is 4.90 Å². The van der Waals surface area contributed by atoms with Crippen LogP contribution in [0.1, 0.15) is 12.5 Å². The summed E-state index contributed by atoms with van der Waals surface area (Å²) in [6.45, 7) is 5.40. The average Bonchev–Trinajstić information content (AvgIpc) is 2.37. The monoisotopic (exact) mass is 260 g/mol. The van der Waals surface area contributed by atoms with Gasteiger partial charge in [0.25, 0.3) is 0 Å². The van der Waals surface area contributed by atoms with Crippen molar-refractivity contribution in [3.8, 4) is 0 Å². The van der Waals surface area contributed by atoms with Gasteiger partial charge >= 0.3 is 5.97 Å². The lowest BCUT2D eigenvalue weighted by Crippen LogP contribution is -2.50. The van der Waals surface area contributed by atoms with E-state index in [1.807, 2.05) is 12.1 Å². The van der Waals surface area contributed by atoms with E-state index >= 15 is 0 Å². The lowest BCUT2D eigenvalue weighted by Gasteiger charge is -2.39. The van der Waals surface area contributed by atoms with Gasteiger partial charge in [0.1, 0.15) is 0 Å². The van der Waals surface area contributed by atoms with Crippen LogP contribution in [0.5, 0.6) is 0 Å². The van der Waals surface area contributed by atoms with E-state index in [4.69, 9.17) is 5.11 Å². The third-order valence-electron chi connectivity index (χ3n) is 3.47.